The third-order valence-corrected chi connectivity index (χ3v) is 6.54. The Labute approximate surface area is 156 Å². The summed E-state index contributed by atoms with van der Waals surface area (Å²) in [4.78, 5) is 38.1. The number of hydrogen-bond donors (Lipinski definition) is 1. The van der Waals surface area contributed by atoms with Gasteiger partial charge in [-0.15, -0.1) is 0 Å². The molecular formula is C16H20N4O6S. The lowest BCUT2D eigenvalue weighted by Crippen LogP contribution is -2.53. The van der Waals surface area contributed by atoms with Crippen molar-refractivity contribution in [3.8, 4) is 0 Å². The summed E-state index contributed by atoms with van der Waals surface area (Å²) in [6.45, 7) is 1.29. The van der Waals surface area contributed by atoms with E-state index in [1.54, 1.807) is 11.0 Å². The summed E-state index contributed by atoms with van der Waals surface area (Å²) in [5, 5.41) is 13.4. The molecule has 1 aromatic carbocycles. The first-order valence-corrected chi connectivity index (χ1v) is 10.4. The standard InChI is InChI=1S/C16H20N4O6S/c21-15(12-4-9-27(25,26)11-12)18-5-7-19(8-6-18)16(22)17-13-2-1-3-14(10-13)20(23)24/h1-3,10,12H,4-9,11H2,(H,17,22)/t12-/m1/s1. The molecule has 0 aliphatic carbocycles. The second-order valence-corrected chi connectivity index (χ2v) is 8.88. The molecule has 11 heteroatoms. The summed E-state index contributed by atoms with van der Waals surface area (Å²) in [5.41, 5.74) is 0.207. The van der Waals surface area contributed by atoms with E-state index in [0.29, 0.717) is 38.3 Å². The van der Waals surface area contributed by atoms with Crippen LogP contribution in [-0.2, 0) is 14.6 Å². The first kappa shape index (κ1) is 19.1. The number of urea groups is 1. The minimum Gasteiger partial charge on any atom is -0.339 e. The summed E-state index contributed by atoms with van der Waals surface area (Å²) in [6, 6.07) is 5.26. The van der Waals surface area contributed by atoms with Gasteiger partial charge in [-0.2, -0.15) is 0 Å². The number of nitro groups is 1. The van der Waals surface area contributed by atoms with Crippen molar-refractivity contribution < 1.29 is 22.9 Å². The zero-order valence-corrected chi connectivity index (χ0v) is 15.4. The molecular weight excluding hydrogens is 376 g/mol. The average molecular weight is 396 g/mol. The highest BCUT2D eigenvalue weighted by molar-refractivity contribution is 7.91. The Balaban J connectivity index is 1.53. The summed E-state index contributed by atoms with van der Waals surface area (Å²) in [7, 11) is -3.12. The van der Waals surface area contributed by atoms with Crippen LogP contribution in [0.15, 0.2) is 24.3 Å². The summed E-state index contributed by atoms with van der Waals surface area (Å²) >= 11 is 0. The Morgan fingerprint density at radius 2 is 1.81 bits per heavy atom. The van der Waals surface area contributed by atoms with Gasteiger partial charge in [-0.05, 0) is 12.5 Å². The predicted molar refractivity (Wildman–Crippen MR) is 97.0 cm³/mol. The van der Waals surface area contributed by atoms with E-state index in [0.717, 1.165) is 0 Å². The Bertz CT molecular complexity index is 863. The van der Waals surface area contributed by atoms with Crippen molar-refractivity contribution in [2.75, 3.05) is 43.0 Å². The van der Waals surface area contributed by atoms with Crippen molar-refractivity contribution >= 4 is 33.2 Å². The van der Waals surface area contributed by atoms with Gasteiger partial charge in [-0.3, -0.25) is 14.9 Å². The molecule has 2 fully saturated rings. The Hall–Kier alpha value is -2.69. The van der Waals surface area contributed by atoms with Crippen molar-refractivity contribution in [2.24, 2.45) is 5.92 Å². The number of piperazine rings is 1. The molecule has 3 rings (SSSR count). The Morgan fingerprint density at radius 3 is 2.41 bits per heavy atom. The Kier molecular flexibility index (Phi) is 5.31. The maximum Gasteiger partial charge on any atom is 0.321 e. The number of carbonyl (C=O) groups is 2. The van der Waals surface area contributed by atoms with Gasteiger partial charge < -0.3 is 15.1 Å². The molecule has 10 nitrogen and oxygen atoms in total. The van der Waals surface area contributed by atoms with E-state index >= 15 is 0 Å². The molecule has 0 unspecified atom stereocenters. The van der Waals surface area contributed by atoms with Crippen LogP contribution in [0.4, 0.5) is 16.2 Å². The molecule has 0 radical (unpaired) electrons. The average Bonchev–Trinajstić information content (AvgIpc) is 3.01. The van der Waals surface area contributed by atoms with Gasteiger partial charge in [0, 0.05) is 44.0 Å². The molecule has 27 heavy (non-hydrogen) atoms. The van der Waals surface area contributed by atoms with Gasteiger partial charge in [0.1, 0.15) is 0 Å². The maximum absolute atomic E-state index is 12.4. The smallest absolute Gasteiger partial charge is 0.321 e. The first-order valence-electron chi connectivity index (χ1n) is 8.55. The summed E-state index contributed by atoms with van der Waals surface area (Å²) in [5.74, 6) is -0.705. The van der Waals surface area contributed by atoms with E-state index in [1.165, 1.54) is 23.1 Å². The van der Waals surface area contributed by atoms with Gasteiger partial charge in [-0.25, -0.2) is 13.2 Å². The highest BCUT2D eigenvalue weighted by Gasteiger charge is 2.36. The zero-order valence-electron chi connectivity index (χ0n) is 14.5. The van der Waals surface area contributed by atoms with Gasteiger partial charge in [0.2, 0.25) is 5.91 Å². The van der Waals surface area contributed by atoms with E-state index < -0.39 is 26.7 Å². The van der Waals surface area contributed by atoms with Gasteiger partial charge in [0.05, 0.1) is 22.3 Å². The number of sulfone groups is 1. The fourth-order valence-corrected chi connectivity index (χ4v) is 5.01. The second-order valence-electron chi connectivity index (χ2n) is 6.65. The number of amides is 3. The van der Waals surface area contributed by atoms with Crippen molar-refractivity contribution in [2.45, 2.75) is 6.42 Å². The quantitative estimate of drug-likeness (QED) is 0.591. The van der Waals surface area contributed by atoms with Crippen molar-refractivity contribution in [3.05, 3.63) is 34.4 Å². The van der Waals surface area contributed by atoms with E-state index in [1.807, 2.05) is 0 Å². The number of nitrogens with one attached hydrogen (secondary N) is 1. The van der Waals surface area contributed by atoms with Gasteiger partial charge in [-0.1, -0.05) is 6.07 Å². The lowest BCUT2D eigenvalue weighted by Gasteiger charge is -2.35. The number of carbonyl (C=O) groups excluding carboxylic acids is 2. The number of rotatable bonds is 3. The Morgan fingerprint density at radius 1 is 1.15 bits per heavy atom. The van der Waals surface area contributed by atoms with Gasteiger partial charge in [0.25, 0.3) is 5.69 Å². The highest BCUT2D eigenvalue weighted by Crippen LogP contribution is 2.22. The number of nitrogens with zero attached hydrogens (tertiary/aromatic N) is 3. The van der Waals surface area contributed by atoms with Crippen molar-refractivity contribution in [1.29, 1.82) is 0 Å². The summed E-state index contributed by atoms with van der Waals surface area (Å²) in [6.07, 6.45) is 0.356. The monoisotopic (exact) mass is 396 g/mol. The number of anilines is 1. The molecule has 0 spiro atoms. The fraction of sp³-hybridized carbons (Fsp3) is 0.500. The SMILES string of the molecule is O=C(Nc1cccc([N+](=O)[O-])c1)N1CCN(C(=O)[C@@H]2CCS(=O)(=O)C2)CC1. The molecule has 1 atom stereocenters. The normalized spacial score (nSPS) is 21.7. The third kappa shape index (κ3) is 4.54. The van der Waals surface area contributed by atoms with Crippen LogP contribution in [0.1, 0.15) is 6.42 Å². The number of hydrogen-bond acceptors (Lipinski definition) is 6. The number of benzene rings is 1. The minimum absolute atomic E-state index is 0.0506. The van der Waals surface area contributed by atoms with Gasteiger partial charge >= 0.3 is 6.03 Å². The fourth-order valence-electron chi connectivity index (χ4n) is 3.28. The van der Waals surface area contributed by atoms with Gasteiger partial charge in [0.15, 0.2) is 9.84 Å². The molecule has 0 aromatic heterocycles. The predicted octanol–water partition coefficient (Wildman–Crippen LogP) is 0.706. The first-order chi connectivity index (χ1) is 12.7. The molecule has 0 saturated carbocycles. The molecule has 146 valence electrons. The minimum atomic E-state index is -3.12. The molecule has 0 bridgehead atoms. The van der Waals surface area contributed by atoms with Crippen LogP contribution in [0.25, 0.3) is 0 Å². The van der Waals surface area contributed by atoms with Crippen LogP contribution >= 0.6 is 0 Å². The van der Waals surface area contributed by atoms with Crippen molar-refractivity contribution in [3.63, 3.8) is 0 Å². The maximum atomic E-state index is 12.4. The molecule has 2 saturated heterocycles. The summed E-state index contributed by atoms with van der Waals surface area (Å²) < 4.78 is 23.1. The van der Waals surface area contributed by atoms with E-state index in [-0.39, 0.29) is 23.1 Å². The van der Waals surface area contributed by atoms with Crippen LogP contribution in [0.3, 0.4) is 0 Å². The number of non-ortho nitro benzene ring substituents is 1. The second kappa shape index (κ2) is 7.51. The zero-order chi connectivity index (χ0) is 19.6. The van der Waals surface area contributed by atoms with E-state index in [2.05, 4.69) is 5.32 Å². The lowest BCUT2D eigenvalue weighted by atomic mass is 10.1. The van der Waals surface area contributed by atoms with E-state index in [9.17, 15) is 28.1 Å². The third-order valence-electron chi connectivity index (χ3n) is 4.77. The lowest BCUT2D eigenvalue weighted by molar-refractivity contribution is -0.384. The van der Waals surface area contributed by atoms with Crippen LogP contribution in [0.5, 0.6) is 0 Å². The highest BCUT2D eigenvalue weighted by atomic mass is 32.2. The molecule has 1 aromatic rings. The van der Waals surface area contributed by atoms with Crippen LogP contribution in [0, 0.1) is 16.0 Å². The van der Waals surface area contributed by atoms with Crippen LogP contribution < -0.4 is 5.32 Å². The molecule has 2 heterocycles. The molecule has 3 amide bonds. The van der Waals surface area contributed by atoms with Crippen LogP contribution in [0.2, 0.25) is 0 Å². The topological polar surface area (TPSA) is 130 Å². The van der Waals surface area contributed by atoms with Crippen LogP contribution in [-0.4, -0.2) is 72.8 Å². The molecule has 2 aliphatic rings. The molecule has 1 N–H and O–H groups in total. The number of nitro benzene ring substituents is 1. The molecule has 2 aliphatic heterocycles. The largest absolute Gasteiger partial charge is 0.339 e. The van der Waals surface area contributed by atoms with E-state index in [4.69, 9.17) is 0 Å². The van der Waals surface area contributed by atoms with Crippen molar-refractivity contribution in [1.82, 2.24) is 9.80 Å².